The molecule has 0 aliphatic rings. The number of carboxylic acids is 1. The molecule has 0 saturated carbocycles. The summed E-state index contributed by atoms with van der Waals surface area (Å²) < 4.78 is 0. The number of benzene rings is 1. The predicted octanol–water partition coefficient (Wildman–Crippen LogP) is 2.63. The number of aryl methyl sites for hydroxylation is 1. The van der Waals surface area contributed by atoms with E-state index in [1.54, 1.807) is 25.1 Å². The third-order valence-electron chi connectivity index (χ3n) is 3.03. The zero-order chi connectivity index (χ0) is 15.8. The summed E-state index contributed by atoms with van der Waals surface area (Å²) in [5, 5.41) is 23.1. The van der Waals surface area contributed by atoms with Crippen molar-refractivity contribution < 1.29 is 14.7 Å². The Balaban J connectivity index is 2.75. The van der Waals surface area contributed by atoms with E-state index < -0.39 is 18.0 Å². The Morgan fingerprint density at radius 1 is 1.43 bits per heavy atom. The molecule has 1 rings (SSSR count). The van der Waals surface area contributed by atoms with Crippen LogP contribution in [0.15, 0.2) is 18.2 Å². The number of hydrogen-bond donors (Lipinski definition) is 3. The minimum atomic E-state index is -0.956. The molecule has 1 aromatic rings. The van der Waals surface area contributed by atoms with Crippen molar-refractivity contribution in [3.63, 3.8) is 0 Å². The quantitative estimate of drug-likeness (QED) is 0.749. The second-order valence-electron chi connectivity index (χ2n) is 4.79. The topological polar surface area (TPSA) is 102 Å². The van der Waals surface area contributed by atoms with Crippen LogP contribution in [0.2, 0.25) is 0 Å². The molecule has 0 aliphatic heterocycles. The van der Waals surface area contributed by atoms with Crippen LogP contribution in [0.1, 0.15) is 37.3 Å². The lowest BCUT2D eigenvalue weighted by Crippen LogP contribution is -2.39. The van der Waals surface area contributed by atoms with Crippen molar-refractivity contribution >= 4 is 17.7 Å². The van der Waals surface area contributed by atoms with Gasteiger partial charge in [-0.1, -0.05) is 25.5 Å². The van der Waals surface area contributed by atoms with E-state index in [4.69, 9.17) is 10.4 Å². The Morgan fingerprint density at radius 3 is 2.71 bits per heavy atom. The fourth-order valence-electron chi connectivity index (χ4n) is 2.05. The van der Waals surface area contributed by atoms with Gasteiger partial charge in [0.15, 0.2) is 0 Å². The molecule has 0 heterocycles. The summed E-state index contributed by atoms with van der Waals surface area (Å²) in [6.45, 7) is 3.70. The number of nitrogens with zero attached hydrogens (tertiary/aromatic N) is 1. The van der Waals surface area contributed by atoms with Crippen molar-refractivity contribution in [2.24, 2.45) is 0 Å². The van der Waals surface area contributed by atoms with Crippen LogP contribution in [-0.4, -0.2) is 23.1 Å². The number of carbonyl (C=O) groups excluding carboxylic acids is 1. The summed E-state index contributed by atoms with van der Waals surface area (Å²) in [7, 11) is 0. The lowest BCUT2D eigenvalue weighted by atomic mass is 10.1. The molecule has 0 aromatic heterocycles. The molecule has 6 nitrogen and oxygen atoms in total. The van der Waals surface area contributed by atoms with E-state index in [-0.39, 0.29) is 6.42 Å². The van der Waals surface area contributed by atoms with Gasteiger partial charge in [-0.2, -0.15) is 5.26 Å². The molecule has 0 bridgehead atoms. The molecule has 1 atom stereocenters. The van der Waals surface area contributed by atoms with Crippen LogP contribution in [-0.2, 0) is 4.79 Å². The summed E-state index contributed by atoms with van der Waals surface area (Å²) in [5.41, 5.74) is 1.59. The number of hydrogen-bond acceptors (Lipinski definition) is 3. The fraction of sp³-hybridized carbons (Fsp3) is 0.400. The van der Waals surface area contributed by atoms with Crippen molar-refractivity contribution in [1.29, 1.82) is 5.26 Å². The van der Waals surface area contributed by atoms with Gasteiger partial charge in [0.05, 0.1) is 17.7 Å². The summed E-state index contributed by atoms with van der Waals surface area (Å²) in [5.74, 6) is -0.956. The van der Waals surface area contributed by atoms with E-state index in [2.05, 4.69) is 10.6 Å². The maximum absolute atomic E-state index is 11.9. The monoisotopic (exact) mass is 289 g/mol. The second-order valence-corrected chi connectivity index (χ2v) is 4.79. The molecule has 1 unspecified atom stereocenters. The second kappa shape index (κ2) is 7.90. The Morgan fingerprint density at radius 2 is 2.14 bits per heavy atom. The summed E-state index contributed by atoms with van der Waals surface area (Å²) in [6, 6.07) is 6.27. The van der Waals surface area contributed by atoms with Crippen LogP contribution < -0.4 is 10.6 Å². The number of anilines is 1. The SMILES string of the molecule is CCCC(CC(=O)O)NC(=O)Nc1cccc(C)c1C#N. The Bertz CT molecular complexity index is 564. The maximum atomic E-state index is 11.9. The van der Waals surface area contributed by atoms with Gasteiger partial charge in [0, 0.05) is 6.04 Å². The molecule has 0 radical (unpaired) electrons. The number of rotatable bonds is 6. The molecular weight excluding hydrogens is 270 g/mol. The number of nitrogens with one attached hydrogen (secondary N) is 2. The number of carbonyl (C=O) groups is 2. The molecule has 0 spiro atoms. The molecule has 2 amide bonds. The van der Waals surface area contributed by atoms with Crippen LogP contribution in [0.5, 0.6) is 0 Å². The van der Waals surface area contributed by atoms with E-state index in [1.165, 1.54) is 0 Å². The molecule has 3 N–H and O–H groups in total. The van der Waals surface area contributed by atoms with E-state index in [1.807, 2.05) is 13.0 Å². The van der Waals surface area contributed by atoms with Crippen molar-refractivity contribution in [2.75, 3.05) is 5.32 Å². The predicted molar refractivity (Wildman–Crippen MR) is 79.0 cm³/mol. The summed E-state index contributed by atoms with van der Waals surface area (Å²) >= 11 is 0. The number of urea groups is 1. The van der Waals surface area contributed by atoms with Gasteiger partial charge in [-0.25, -0.2) is 4.79 Å². The first-order valence-electron chi connectivity index (χ1n) is 6.77. The number of nitriles is 1. The maximum Gasteiger partial charge on any atom is 0.319 e. The lowest BCUT2D eigenvalue weighted by molar-refractivity contribution is -0.137. The highest BCUT2D eigenvalue weighted by Crippen LogP contribution is 2.18. The number of aliphatic carboxylic acids is 1. The van der Waals surface area contributed by atoms with Crippen molar-refractivity contribution in [3.8, 4) is 6.07 Å². The van der Waals surface area contributed by atoms with Gasteiger partial charge in [-0.05, 0) is 25.0 Å². The first kappa shape index (κ1) is 16.5. The van der Waals surface area contributed by atoms with Gasteiger partial charge in [0.2, 0.25) is 0 Å². The molecular formula is C15H19N3O3. The van der Waals surface area contributed by atoms with Gasteiger partial charge < -0.3 is 15.7 Å². The average Bonchev–Trinajstić information content (AvgIpc) is 2.38. The van der Waals surface area contributed by atoms with E-state index in [0.29, 0.717) is 17.7 Å². The Hall–Kier alpha value is -2.55. The van der Waals surface area contributed by atoms with E-state index in [9.17, 15) is 9.59 Å². The Kier molecular flexibility index (Phi) is 6.21. The zero-order valence-electron chi connectivity index (χ0n) is 12.1. The highest BCUT2D eigenvalue weighted by atomic mass is 16.4. The number of amides is 2. The first-order valence-corrected chi connectivity index (χ1v) is 6.77. The first-order chi connectivity index (χ1) is 9.97. The van der Waals surface area contributed by atoms with Crippen LogP contribution >= 0.6 is 0 Å². The molecule has 112 valence electrons. The van der Waals surface area contributed by atoms with Gasteiger partial charge in [-0.15, -0.1) is 0 Å². The van der Waals surface area contributed by atoms with Crippen LogP contribution in [0, 0.1) is 18.3 Å². The highest BCUT2D eigenvalue weighted by molar-refractivity contribution is 5.91. The molecule has 0 aliphatic carbocycles. The van der Waals surface area contributed by atoms with Gasteiger partial charge >= 0.3 is 12.0 Å². The standard InChI is InChI=1S/C15H19N3O3/c1-3-5-11(8-14(19)20)17-15(21)18-13-7-4-6-10(2)12(13)9-16/h4,6-7,11H,3,5,8H2,1-2H3,(H,19,20)(H2,17,18,21). The zero-order valence-corrected chi connectivity index (χ0v) is 12.1. The van der Waals surface area contributed by atoms with Crippen LogP contribution in [0.3, 0.4) is 0 Å². The molecule has 21 heavy (non-hydrogen) atoms. The highest BCUT2D eigenvalue weighted by Gasteiger charge is 2.16. The van der Waals surface area contributed by atoms with E-state index >= 15 is 0 Å². The van der Waals surface area contributed by atoms with Crippen LogP contribution in [0.4, 0.5) is 10.5 Å². The largest absolute Gasteiger partial charge is 0.481 e. The van der Waals surface area contributed by atoms with Crippen molar-refractivity contribution in [2.45, 2.75) is 39.2 Å². The van der Waals surface area contributed by atoms with Gasteiger partial charge in [-0.3, -0.25) is 4.79 Å². The molecule has 6 heteroatoms. The van der Waals surface area contributed by atoms with Crippen molar-refractivity contribution in [1.82, 2.24) is 5.32 Å². The minimum absolute atomic E-state index is 0.125. The molecule has 0 fully saturated rings. The third kappa shape index (κ3) is 5.15. The van der Waals surface area contributed by atoms with E-state index in [0.717, 1.165) is 12.0 Å². The fourth-order valence-corrected chi connectivity index (χ4v) is 2.05. The molecule has 1 aromatic carbocycles. The normalized spacial score (nSPS) is 11.3. The smallest absolute Gasteiger partial charge is 0.319 e. The number of carboxylic acid groups (broad SMARTS) is 1. The Labute approximate surface area is 123 Å². The lowest BCUT2D eigenvalue weighted by Gasteiger charge is -2.17. The summed E-state index contributed by atoms with van der Waals surface area (Å²) in [6.07, 6.45) is 1.23. The van der Waals surface area contributed by atoms with Crippen LogP contribution in [0.25, 0.3) is 0 Å². The molecule has 0 saturated heterocycles. The van der Waals surface area contributed by atoms with Crippen molar-refractivity contribution in [3.05, 3.63) is 29.3 Å². The van der Waals surface area contributed by atoms with Gasteiger partial charge in [0.25, 0.3) is 0 Å². The average molecular weight is 289 g/mol. The summed E-state index contributed by atoms with van der Waals surface area (Å²) in [4.78, 5) is 22.7. The minimum Gasteiger partial charge on any atom is -0.481 e. The van der Waals surface area contributed by atoms with Gasteiger partial charge in [0.1, 0.15) is 6.07 Å². The third-order valence-corrected chi connectivity index (χ3v) is 3.03.